The van der Waals surface area contributed by atoms with Gasteiger partial charge in [-0.1, -0.05) is 5.10 Å². The van der Waals surface area contributed by atoms with Gasteiger partial charge in [-0.25, -0.2) is 0 Å². The van der Waals surface area contributed by atoms with Gasteiger partial charge in [-0.05, 0) is 9.91 Å². The van der Waals surface area contributed by atoms with E-state index in [-0.39, 0.29) is 5.95 Å². The van der Waals surface area contributed by atoms with Crippen LogP contribution >= 0.6 is 0 Å². The van der Waals surface area contributed by atoms with Gasteiger partial charge in [0.15, 0.2) is 0 Å². The van der Waals surface area contributed by atoms with Crippen LogP contribution in [0.3, 0.4) is 0 Å². The second-order valence-corrected chi connectivity index (χ2v) is 2.11. The first-order chi connectivity index (χ1) is 5.11. The summed E-state index contributed by atoms with van der Waals surface area (Å²) in [4.78, 5) is 14.6. The number of rotatable bonds is 2. The lowest BCUT2D eigenvalue weighted by atomic mass is 10.8. The highest BCUT2D eigenvalue weighted by atomic mass is 16.6. The van der Waals surface area contributed by atoms with Gasteiger partial charge in [0, 0.05) is 14.1 Å². The third-order valence-corrected chi connectivity index (χ3v) is 1.03. The molecule has 0 spiro atoms. The van der Waals surface area contributed by atoms with E-state index in [2.05, 4.69) is 15.2 Å². The normalized spacial score (nSPS) is 9.64. The number of nitrogens with zero attached hydrogens (tertiary/aromatic N) is 4. The Kier molecular flexibility index (Phi) is 1.71. The first kappa shape index (κ1) is 7.45. The predicted molar refractivity (Wildman–Crippen MR) is 37.4 cm³/mol. The molecule has 0 bridgehead atoms. The van der Waals surface area contributed by atoms with Crippen molar-refractivity contribution in [2.45, 2.75) is 0 Å². The maximum absolute atomic E-state index is 10.1. The van der Waals surface area contributed by atoms with Gasteiger partial charge in [0.05, 0.1) is 0 Å². The van der Waals surface area contributed by atoms with Gasteiger partial charge < -0.3 is 15.0 Å². The topological polar surface area (TPSA) is 88.0 Å². The highest BCUT2D eigenvalue weighted by Crippen LogP contribution is 2.06. The second-order valence-electron chi connectivity index (χ2n) is 2.11. The van der Waals surface area contributed by atoms with Crippen LogP contribution in [0, 0.1) is 10.1 Å². The van der Waals surface area contributed by atoms with Crippen LogP contribution in [0.2, 0.25) is 0 Å². The van der Waals surface area contributed by atoms with Gasteiger partial charge in [0.25, 0.3) is 0 Å². The Morgan fingerprint density at radius 3 is 2.55 bits per heavy atom. The highest BCUT2D eigenvalue weighted by molar-refractivity contribution is 5.28. The molecule has 11 heavy (non-hydrogen) atoms. The minimum Gasteiger partial charge on any atom is -0.390 e. The van der Waals surface area contributed by atoms with Crippen molar-refractivity contribution in [3.63, 3.8) is 0 Å². The molecule has 0 amide bonds. The average Bonchev–Trinajstić information content (AvgIpc) is 2.33. The molecule has 1 aromatic rings. The van der Waals surface area contributed by atoms with Crippen LogP contribution in [0.1, 0.15) is 0 Å². The van der Waals surface area contributed by atoms with E-state index >= 15 is 0 Å². The molecule has 0 aromatic carbocycles. The second kappa shape index (κ2) is 2.52. The summed E-state index contributed by atoms with van der Waals surface area (Å²) in [6.07, 6.45) is 0. The van der Waals surface area contributed by atoms with Gasteiger partial charge in [-0.15, -0.1) is 5.10 Å². The molecule has 0 atom stereocenters. The zero-order valence-corrected chi connectivity index (χ0v) is 6.11. The quantitative estimate of drug-likeness (QED) is 0.473. The van der Waals surface area contributed by atoms with Crippen LogP contribution in [-0.4, -0.2) is 34.2 Å². The Morgan fingerprint density at radius 2 is 2.27 bits per heavy atom. The van der Waals surface area contributed by atoms with Crippen molar-refractivity contribution >= 4 is 11.9 Å². The van der Waals surface area contributed by atoms with Crippen LogP contribution < -0.4 is 4.90 Å². The molecule has 7 heteroatoms. The van der Waals surface area contributed by atoms with Crippen molar-refractivity contribution < 1.29 is 4.92 Å². The van der Waals surface area contributed by atoms with E-state index in [1.54, 1.807) is 19.0 Å². The monoisotopic (exact) mass is 157 g/mol. The third kappa shape index (κ3) is 1.42. The molecule has 1 aromatic heterocycles. The molecule has 0 fully saturated rings. The van der Waals surface area contributed by atoms with Crippen LogP contribution in [0.4, 0.5) is 11.9 Å². The number of hydrogen-bond acceptors (Lipinski definition) is 5. The van der Waals surface area contributed by atoms with Crippen molar-refractivity contribution in [2.24, 2.45) is 0 Å². The molecule has 0 aliphatic heterocycles. The summed E-state index contributed by atoms with van der Waals surface area (Å²) in [5.74, 6) is -0.0367. The largest absolute Gasteiger partial charge is 0.455 e. The van der Waals surface area contributed by atoms with Gasteiger partial charge in [-0.3, -0.25) is 0 Å². The van der Waals surface area contributed by atoms with Crippen LogP contribution in [0.15, 0.2) is 0 Å². The molecule has 1 rings (SSSR count). The molecule has 0 radical (unpaired) electrons. The standard InChI is InChI=1S/C4H7N5O2/c1-8(2)3-5-4(7-6-3)9(10)11/h1-2H3,(H,5,6,7). The SMILES string of the molecule is CN(C)c1n[nH]c([N+](=O)[O-])n1. The lowest BCUT2D eigenvalue weighted by Crippen LogP contribution is -2.10. The Labute approximate surface area is 62.2 Å². The van der Waals surface area contributed by atoms with Gasteiger partial charge in [0.2, 0.25) is 0 Å². The van der Waals surface area contributed by atoms with E-state index in [0.717, 1.165) is 0 Å². The number of aromatic amines is 1. The first-order valence-electron chi connectivity index (χ1n) is 2.85. The lowest BCUT2D eigenvalue weighted by molar-refractivity contribution is -0.394. The van der Waals surface area contributed by atoms with Crippen molar-refractivity contribution in [3.8, 4) is 0 Å². The summed E-state index contributed by atoms with van der Waals surface area (Å²) in [6.45, 7) is 0. The van der Waals surface area contributed by atoms with Crippen molar-refractivity contribution in [3.05, 3.63) is 10.1 Å². The average molecular weight is 157 g/mol. The smallest absolute Gasteiger partial charge is 0.390 e. The van der Waals surface area contributed by atoms with Crippen LogP contribution in [0.5, 0.6) is 0 Å². The minimum atomic E-state index is -0.625. The van der Waals surface area contributed by atoms with E-state index < -0.39 is 4.92 Å². The summed E-state index contributed by atoms with van der Waals surface area (Å²) in [5.41, 5.74) is 0. The fraction of sp³-hybridized carbons (Fsp3) is 0.500. The van der Waals surface area contributed by atoms with Crippen molar-refractivity contribution in [1.82, 2.24) is 15.2 Å². The van der Waals surface area contributed by atoms with Crippen molar-refractivity contribution in [2.75, 3.05) is 19.0 Å². The molecule has 1 heterocycles. The fourth-order valence-electron chi connectivity index (χ4n) is 0.526. The Morgan fingerprint density at radius 1 is 1.64 bits per heavy atom. The van der Waals surface area contributed by atoms with Gasteiger partial charge in [0.1, 0.15) is 0 Å². The molecule has 0 saturated carbocycles. The number of nitro groups is 1. The first-order valence-corrected chi connectivity index (χ1v) is 2.85. The number of nitrogens with one attached hydrogen (secondary N) is 1. The molecule has 60 valence electrons. The minimum absolute atomic E-state index is 0.303. The number of hydrogen-bond donors (Lipinski definition) is 1. The molecule has 7 nitrogen and oxygen atoms in total. The molecule has 0 aliphatic carbocycles. The Hall–Kier alpha value is -1.66. The zero-order chi connectivity index (χ0) is 8.43. The van der Waals surface area contributed by atoms with Crippen molar-refractivity contribution in [1.29, 1.82) is 0 Å². The molecule has 1 N–H and O–H groups in total. The molecule has 0 unspecified atom stereocenters. The van der Waals surface area contributed by atoms with Crippen LogP contribution in [-0.2, 0) is 0 Å². The van der Waals surface area contributed by atoms with Crippen LogP contribution in [0.25, 0.3) is 0 Å². The van der Waals surface area contributed by atoms with E-state index in [4.69, 9.17) is 0 Å². The van der Waals surface area contributed by atoms with E-state index in [1.165, 1.54) is 0 Å². The third-order valence-electron chi connectivity index (χ3n) is 1.03. The number of H-pyrrole nitrogens is 1. The summed E-state index contributed by atoms with van der Waals surface area (Å²) in [5, 5.41) is 15.9. The maximum Gasteiger partial charge on any atom is 0.455 e. The van der Waals surface area contributed by atoms with Gasteiger partial charge >= 0.3 is 11.9 Å². The molecular formula is C4H7N5O2. The van der Waals surface area contributed by atoms with E-state index in [1.807, 2.05) is 0 Å². The molecule has 0 aliphatic rings. The maximum atomic E-state index is 10.1. The Bertz CT molecular complexity index is 267. The fourth-order valence-corrected chi connectivity index (χ4v) is 0.526. The summed E-state index contributed by atoms with van der Waals surface area (Å²) < 4.78 is 0. The highest BCUT2D eigenvalue weighted by Gasteiger charge is 2.14. The van der Waals surface area contributed by atoms with E-state index in [9.17, 15) is 10.1 Å². The summed E-state index contributed by atoms with van der Waals surface area (Å²) >= 11 is 0. The molecule has 0 saturated heterocycles. The summed E-state index contributed by atoms with van der Waals surface area (Å²) in [7, 11) is 3.40. The van der Waals surface area contributed by atoms with E-state index in [0.29, 0.717) is 5.95 Å². The molecular weight excluding hydrogens is 150 g/mol. The number of aromatic nitrogens is 3. The lowest BCUT2D eigenvalue weighted by Gasteiger charge is -1.99. The Balaban J connectivity index is 2.90. The number of anilines is 1. The summed E-state index contributed by atoms with van der Waals surface area (Å²) in [6, 6.07) is 0. The van der Waals surface area contributed by atoms with Gasteiger partial charge in [-0.2, -0.15) is 0 Å². The predicted octanol–water partition coefficient (Wildman–Crippen LogP) is -0.221. The zero-order valence-electron chi connectivity index (χ0n) is 6.11.